The highest BCUT2D eigenvalue weighted by Crippen LogP contribution is 2.26. The van der Waals surface area contributed by atoms with Crippen molar-refractivity contribution >= 4 is 27.3 Å². The zero-order valence-corrected chi connectivity index (χ0v) is 17.9. The van der Waals surface area contributed by atoms with Crippen LogP contribution in [0.5, 0.6) is 0 Å². The minimum atomic E-state index is -4.17. The maximum absolute atomic E-state index is 14.4. The number of nitrogens with zero attached hydrogens (tertiary/aromatic N) is 1. The van der Waals surface area contributed by atoms with Crippen LogP contribution in [0, 0.1) is 5.82 Å². The van der Waals surface area contributed by atoms with Gasteiger partial charge in [-0.2, -0.15) is 0 Å². The number of hydrogen-bond acceptors (Lipinski definition) is 3. The fourth-order valence-electron chi connectivity index (χ4n) is 3.24. The predicted octanol–water partition coefficient (Wildman–Crippen LogP) is 4.88. The molecule has 1 heterocycles. The Labute approximate surface area is 185 Å². The molecule has 1 aromatic heterocycles. The summed E-state index contributed by atoms with van der Waals surface area (Å²) in [6, 6.07) is 22.7. The molecule has 32 heavy (non-hydrogen) atoms. The number of carbonyl (C=O) groups is 1. The van der Waals surface area contributed by atoms with E-state index in [0.29, 0.717) is 16.9 Å². The summed E-state index contributed by atoms with van der Waals surface area (Å²) in [5.41, 5.74) is 2.60. The Kier molecular flexibility index (Phi) is 5.79. The van der Waals surface area contributed by atoms with Gasteiger partial charge in [-0.25, -0.2) is 12.8 Å². The topological polar surface area (TPSA) is 80.2 Å². The van der Waals surface area contributed by atoms with E-state index in [1.54, 1.807) is 42.1 Å². The predicted molar refractivity (Wildman–Crippen MR) is 122 cm³/mol. The standard InChI is InChI=1S/C24H20FN3O3S/c1-28-15-5-8-22(28)24(29)26-19-10-12-20(13-11-19)27-32(30,31)23-16-18(9-14-21(23)25)17-6-3-2-4-7-17/h2-16,27H,1H3,(H,26,29). The van der Waals surface area contributed by atoms with E-state index in [-0.39, 0.29) is 11.6 Å². The summed E-state index contributed by atoms with van der Waals surface area (Å²) in [5.74, 6) is -1.13. The Morgan fingerprint density at radius 2 is 1.53 bits per heavy atom. The first-order chi connectivity index (χ1) is 15.3. The number of carbonyl (C=O) groups excluding carboxylic acids is 1. The Morgan fingerprint density at radius 3 is 2.19 bits per heavy atom. The Bertz CT molecular complexity index is 1370. The van der Waals surface area contributed by atoms with Crippen molar-refractivity contribution < 1.29 is 17.6 Å². The van der Waals surface area contributed by atoms with Crippen LogP contribution in [0.25, 0.3) is 11.1 Å². The van der Waals surface area contributed by atoms with Crippen molar-refractivity contribution in [2.24, 2.45) is 7.05 Å². The third-order valence-corrected chi connectivity index (χ3v) is 6.30. The van der Waals surface area contributed by atoms with E-state index in [1.165, 1.54) is 24.3 Å². The largest absolute Gasteiger partial charge is 0.347 e. The summed E-state index contributed by atoms with van der Waals surface area (Å²) in [6.07, 6.45) is 1.76. The van der Waals surface area contributed by atoms with Crippen molar-refractivity contribution in [2.45, 2.75) is 4.90 Å². The van der Waals surface area contributed by atoms with E-state index >= 15 is 0 Å². The molecule has 162 valence electrons. The Balaban J connectivity index is 1.52. The fraction of sp³-hybridized carbons (Fsp3) is 0.0417. The third-order valence-electron chi connectivity index (χ3n) is 4.90. The van der Waals surface area contributed by atoms with Gasteiger partial charge in [0.2, 0.25) is 0 Å². The number of nitrogens with one attached hydrogen (secondary N) is 2. The van der Waals surface area contributed by atoms with Crippen molar-refractivity contribution in [2.75, 3.05) is 10.0 Å². The average molecular weight is 450 g/mol. The van der Waals surface area contributed by atoms with Crippen LogP contribution in [0.1, 0.15) is 10.5 Å². The second-order valence-electron chi connectivity index (χ2n) is 7.15. The molecule has 3 aromatic carbocycles. The quantitative estimate of drug-likeness (QED) is 0.440. The van der Waals surface area contributed by atoms with Crippen LogP contribution in [0.15, 0.2) is 96.0 Å². The lowest BCUT2D eigenvalue weighted by atomic mass is 10.1. The number of halogens is 1. The highest BCUT2D eigenvalue weighted by molar-refractivity contribution is 7.92. The molecule has 8 heteroatoms. The van der Waals surface area contributed by atoms with Gasteiger partial charge in [0.15, 0.2) is 0 Å². The van der Waals surface area contributed by atoms with Gasteiger partial charge < -0.3 is 9.88 Å². The highest BCUT2D eigenvalue weighted by Gasteiger charge is 2.20. The zero-order valence-electron chi connectivity index (χ0n) is 17.1. The molecule has 0 saturated carbocycles. The SMILES string of the molecule is Cn1cccc1C(=O)Nc1ccc(NS(=O)(=O)c2cc(-c3ccccc3)ccc2F)cc1. The maximum atomic E-state index is 14.4. The van der Waals surface area contributed by atoms with Crippen LogP contribution in [-0.2, 0) is 17.1 Å². The molecular weight excluding hydrogens is 429 g/mol. The lowest BCUT2D eigenvalue weighted by Gasteiger charge is -2.12. The number of aromatic nitrogens is 1. The van der Waals surface area contributed by atoms with E-state index in [9.17, 15) is 17.6 Å². The smallest absolute Gasteiger partial charge is 0.272 e. The van der Waals surface area contributed by atoms with E-state index in [1.807, 2.05) is 30.3 Å². The summed E-state index contributed by atoms with van der Waals surface area (Å²) >= 11 is 0. The van der Waals surface area contributed by atoms with Gasteiger partial charge in [-0.15, -0.1) is 0 Å². The van der Waals surface area contributed by atoms with E-state index < -0.39 is 20.7 Å². The first kappa shape index (κ1) is 21.3. The van der Waals surface area contributed by atoms with Crippen LogP contribution >= 0.6 is 0 Å². The number of hydrogen-bond donors (Lipinski definition) is 2. The normalized spacial score (nSPS) is 11.2. The molecule has 6 nitrogen and oxygen atoms in total. The molecule has 0 atom stereocenters. The van der Waals surface area contributed by atoms with Crippen LogP contribution in [0.3, 0.4) is 0 Å². The molecule has 0 radical (unpaired) electrons. The second-order valence-corrected chi connectivity index (χ2v) is 8.80. The molecule has 0 aliphatic heterocycles. The lowest BCUT2D eigenvalue weighted by Crippen LogP contribution is -2.16. The molecule has 0 unspecified atom stereocenters. The first-order valence-corrected chi connectivity index (χ1v) is 11.2. The van der Waals surface area contributed by atoms with E-state index in [2.05, 4.69) is 10.0 Å². The average Bonchev–Trinajstić information content (AvgIpc) is 3.22. The number of benzene rings is 3. The van der Waals surface area contributed by atoms with Crippen LogP contribution in [0.2, 0.25) is 0 Å². The first-order valence-electron chi connectivity index (χ1n) is 9.74. The molecule has 4 aromatic rings. The van der Waals surface area contributed by atoms with Gasteiger partial charge in [0, 0.05) is 24.6 Å². The van der Waals surface area contributed by atoms with Crippen LogP contribution in [0.4, 0.5) is 15.8 Å². The third kappa shape index (κ3) is 4.55. The van der Waals surface area contributed by atoms with Crippen molar-refractivity contribution in [3.05, 3.63) is 103 Å². The molecule has 0 aliphatic carbocycles. The van der Waals surface area contributed by atoms with Crippen molar-refractivity contribution in [1.82, 2.24) is 4.57 Å². The molecule has 0 aliphatic rings. The zero-order chi connectivity index (χ0) is 22.7. The Hall–Kier alpha value is -3.91. The number of anilines is 2. The number of aryl methyl sites for hydroxylation is 1. The summed E-state index contributed by atoms with van der Waals surface area (Å²) in [5, 5.41) is 2.74. The van der Waals surface area contributed by atoms with E-state index in [0.717, 1.165) is 11.6 Å². The van der Waals surface area contributed by atoms with Crippen molar-refractivity contribution in [1.29, 1.82) is 0 Å². The lowest BCUT2D eigenvalue weighted by molar-refractivity contribution is 0.101. The summed E-state index contributed by atoms with van der Waals surface area (Å²) in [6.45, 7) is 0. The Morgan fingerprint density at radius 1 is 0.844 bits per heavy atom. The number of sulfonamides is 1. The van der Waals surface area contributed by atoms with Gasteiger partial charge in [0.25, 0.3) is 15.9 Å². The van der Waals surface area contributed by atoms with Gasteiger partial charge in [0.05, 0.1) is 0 Å². The summed E-state index contributed by atoms with van der Waals surface area (Å²) < 4.78 is 44.1. The fourth-order valence-corrected chi connectivity index (χ4v) is 4.41. The van der Waals surface area contributed by atoms with Gasteiger partial charge in [-0.3, -0.25) is 9.52 Å². The molecule has 0 saturated heterocycles. The van der Waals surface area contributed by atoms with Crippen LogP contribution in [-0.4, -0.2) is 18.9 Å². The molecule has 1 amide bonds. The molecule has 0 spiro atoms. The van der Waals surface area contributed by atoms with Crippen LogP contribution < -0.4 is 10.0 Å². The molecule has 2 N–H and O–H groups in total. The van der Waals surface area contributed by atoms with Crippen molar-refractivity contribution in [3.8, 4) is 11.1 Å². The monoisotopic (exact) mass is 449 g/mol. The number of amides is 1. The maximum Gasteiger partial charge on any atom is 0.272 e. The number of rotatable bonds is 6. The molecule has 0 fully saturated rings. The minimum absolute atomic E-state index is 0.242. The molecule has 4 rings (SSSR count). The van der Waals surface area contributed by atoms with E-state index in [4.69, 9.17) is 0 Å². The van der Waals surface area contributed by atoms with Gasteiger partial charge in [0.1, 0.15) is 16.4 Å². The van der Waals surface area contributed by atoms with Gasteiger partial charge in [-0.1, -0.05) is 36.4 Å². The van der Waals surface area contributed by atoms with Gasteiger partial charge in [-0.05, 0) is 59.7 Å². The highest BCUT2D eigenvalue weighted by atomic mass is 32.2. The molecular formula is C24H20FN3O3S. The summed E-state index contributed by atoms with van der Waals surface area (Å²) in [4.78, 5) is 11.9. The summed E-state index contributed by atoms with van der Waals surface area (Å²) in [7, 11) is -2.40. The van der Waals surface area contributed by atoms with Crippen molar-refractivity contribution in [3.63, 3.8) is 0 Å². The molecule has 0 bridgehead atoms. The van der Waals surface area contributed by atoms with Gasteiger partial charge >= 0.3 is 0 Å². The minimum Gasteiger partial charge on any atom is -0.347 e. The second kappa shape index (κ2) is 8.68.